The lowest BCUT2D eigenvalue weighted by Gasteiger charge is -2.22. The number of amides is 1. The van der Waals surface area contributed by atoms with Crippen LogP contribution in [0.3, 0.4) is 0 Å². The Kier molecular flexibility index (Phi) is 4.88. The molecule has 0 spiro atoms. The van der Waals surface area contributed by atoms with Gasteiger partial charge >= 0.3 is 6.18 Å². The second kappa shape index (κ2) is 6.04. The summed E-state index contributed by atoms with van der Waals surface area (Å²) in [6, 6.07) is 5.55. The highest BCUT2D eigenvalue weighted by molar-refractivity contribution is 5.97. The summed E-state index contributed by atoms with van der Waals surface area (Å²) in [5, 5.41) is 8.91. The highest BCUT2D eigenvalue weighted by Gasteiger charge is 2.39. The summed E-state index contributed by atoms with van der Waals surface area (Å²) in [5.74, 6) is -0.840. The number of rotatable bonds is 4. The zero-order valence-electron chi connectivity index (χ0n) is 10.9. The van der Waals surface area contributed by atoms with E-state index in [1.54, 1.807) is 0 Å². The number of aliphatic hydroxyl groups excluding tert-OH is 1. The van der Waals surface area contributed by atoms with Crippen LogP contribution in [0.2, 0.25) is 0 Å². The van der Waals surface area contributed by atoms with Crippen LogP contribution in [0.5, 0.6) is 0 Å². The van der Waals surface area contributed by atoms with Gasteiger partial charge in [0.2, 0.25) is 0 Å². The summed E-state index contributed by atoms with van der Waals surface area (Å²) in [6.07, 6.45) is -7.36. The van der Waals surface area contributed by atoms with Crippen LogP contribution in [0.1, 0.15) is 27.6 Å². The Morgan fingerprint density at radius 2 is 1.65 bits per heavy atom. The lowest BCUT2D eigenvalue weighted by Crippen LogP contribution is -2.41. The van der Waals surface area contributed by atoms with Gasteiger partial charge in [0.25, 0.3) is 5.91 Å². The first-order valence-electron chi connectivity index (χ1n) is 5.74. The number of Topliss-reactive ketones (excluding diaryl/α,β-unsaturated/α-hetero) is 1. The first-order valence-corrected chi connectivity index (χ1v) is 5.74. The Morgan fingerprint density at radius 1 is 1.20 bits per heavy atom. The zero-order chi connectivity index (χ0) is 15.5. The molecule has 1 unspecified atom stereocenters. The van der Waals surface area contributed by atoms with E-state index in [4.69, 9.17) is 5.11 Å². The molecule has 20 heavy (non-hydrogen) atoms. The van der Waals surface area contributed by atoms with Crippen molar-refractivity contribution < 1.29 is 27.9 Å². The van der Waals surface area contributed by atoms with Crippen LogP contribution >= 0.6 is 0 Å². The second-order valence-electron chi connectivity index (χ2n) is 4.38. The average Bonchev–Trinajstić information content (AvgIpc) is 2.36. The molecule has 0 radical (unpaired) electrons. The number of aliphatic hydroxyl groups is 1. The molecule has 7 heteroatoms. The van der Waals surface area contributed by atoms with Crippen molar-refractivity contribution in [2.45, 2.75) is 19.2 Å². The SMILES string of the molecule is CC(=O)c1ccc(C(=O)N(C)CC(O)C(F)(F)F)cc1. The van der Waals surface area contributed by atoms with Crippen molar-refractivity contribution >= 4 is 11.7 Å². The van der Waals surface area contributed by atoms with Crippen LogP contribution in [0.25, 0.3) is 0 Å². The Hall–Kier alpha value is -1.89. The highest BCUT2D eigenvalue weighted by atomic mass is 19.4. The van der Waals surface area contributed by atoms with Gasteiger partial charge in [-0.05, 0) is 19.1 Å². The minimum absolute atomic E-state index is 0.145. The van der Waals surface area contributed by atoms with E-state index in [1.807, 2.05) is 0 Å². The van der Waals surface area contributed by atoms with Crippen LogP contribution in [-0.4, -0.2) is 47.6 Å². The molecule has 0 fully saturated rings. The van der Waals surface area contributed by atoms with Gasteiger partial charge in [-0.1, -0.05) is 12.1 Å². The molecule has 0 saturated carbocycles. The predicted molar refractivity (Wildman–Crippen MR) is 65.5 cm³/mol. The van der Waals surface area contributed by atoms with Crippen molar-refractivity contribution in [1.29, 1.82) is 0 Å². The number of nitrogens with zero attached hydrogens (tertiary/aromatic N) is 1. The van der Waals surface area contributed by atoms with Gasteiger partial charge in [0, 0.05) is 18.2 Å². The van der Waals surface area contributed by atoms with Crippen LogP contribution in [0.15, 0.2) is 24.3 Å². The number of hydrogen-bond acceptors (Lipinski definition) is 3. The second-order valence-corrected chi connectivity index (χ2v) is 4.38. The van der Waals surface area contributed by atoms with E-state index in [0.29, 0.717) is 5.56 Å². The summed E-state index contributed by atoms with van der Waals surface area (Å²) in [5.41, 5.74) is 0.548. The first-order chi connectivity index (χ1) is 9.12. The molecule has 0 aliphatic rings. The molecule has 0 aromatic heterocycles. The zero-order valence-corrected chi connectivity index (χ0v) is 10.9. The Morgan fingerprint density at radius 3 is 2.05 bits per heavy atom. The number of likely N-dealkylation sites (N-methyl/N-ethyl adjacent to an activating group) is 1. The van der Waals surface area contributed by atoms with E-state index >= 15 is 0 Å². The smallest absolute Gasteiger partial charge is 0.382 e. The molecule has 0 aliphatic carbocycles. The largest absolute Gasteiger partial charge is 0.416 e. The van der Waals surface area contributed by atoms with E-state index in [9.17, 15) is 22.8 Å². The summed E-state index contributed by atoms with van der Waals surface area (Å²) < 4.78 is 36.6. The molecule has 1 amide bonds. The molecule has 1 N–H and O–H groups in total. The predicted octanol–water partition coefficient (Wildman–Crippen LogP) is 1.88. The summed E-state index contributed by atoms with van der Waals surface area (Å²) in [6.45, 7) is 0.513. The molecule has 1 atom stereocenters. The fourth-order valence-electron chi connectivity index (χ4n) is 1.51. The van der Waals surface area contributed by atoms with Crippen LogP contribution in [-0.2, 0) is 0 Å². The molecule has 4 nitrogen and oxygen atoms in total. The molecule has 1 aromatic carbocycles. The lowest BCUT2D eigenvalue weighted by atomic mass is 10.1. The van der Waals surface area contributed by atoms with Gasteiger partial charge in [-0.3, -0.25) is 9.59 Å². The normalized spacial score (nSPS) is 12.9. The van der Waals surface area contributed by atoms with Crippen LogP contribution < -0.4 is 0 Å². The summed E-state index contributed by atoms with van der Waals surface area (Å²) in [4.78, 5) is 23.7. The third kappa shape index (κ3) is 4.06. The fraction of sp³-hybridized carbons (Fsp3) is 0.385. The molecule has 0 aliphatic heterocycles. The van der Waals surface area contributed by atoms with Crippen molar-refractivity contribution in [3.63, 3.8) is 0 Å². The molecule has 110 valence electrons. The molecular weight excluding hydrogens is 275 g/mol. The maximum atomic E-state index is 12.2. The van der Waals surface area contributed by atoms with Crippen molar-refractivity contribution in [2.75, 3.05) is 13.6 Å². The van der Waals surface area contributed by atoms with Gasteiger partial charge in [0.05, 0.1) is 6.54 Å². The molecular formula is C13H14F3NO3. The topological polar surface area (TPSA) is 57.6 Å². The summed E-state index contributed by atoms with van der Waals surface area (Å²) in [7, 11) is 1.16. The molecule has 1 rings (SSSR count). The molecule has 0 bridgehead atoms. The number of carbonyl (C=O) groups excluding carboxylic acids is 2. The summed E-state index contributed by atoms with van der Waals surface area (Å²) >= 11 is 0. The molecule has 0 saturated heterocycles. The van der Waals surface area contributed by atoms with E-state index in [1.165, 1.54) is 31.2 Å². The van der Waals surface area contributed by atoms with Crippen LogP contribution in [0.4, 0.5) is 13.2 Å². The standard InChI is InChI=1S/C13H14F3NO3/c1-8(18)9-3-5-10(6-4-9)12(20)17(2)7-11(19)13(14,15)16/h3-6,11,19H,7H2,1-2H3. The maximum Gasteiger partial charge on any atom is 0.416 e. The van der Waals surface area contributed by atoms with Gasteiger partial charge in [-0.2, -0.15) is 13.2 Å². The number of benzene rings is 1. The fourth-order valence-corrected chi connectivity index (χ4v) is 1.51. The van der Waals surface area contributed by atoms with Crippen molar-refractivity contribution in [3.05, 3.63) is 35.4 Å². The van der Waals surface area contributed by atoms with Gasteiger partial charge in [0.1, 0.15) is 0 Å². The number of hydrogen-bond donors (Lipinski definition) is 1. The Bertz CT molecular complexity index is 497. The van der Waals surface area contributed by atoms with Gasteiger partial charge < -0.3 is 10.0 Å². The highest BCUT2D eigenvalue weighted by Crippen LogP contribution is 2.21. The van der Waals surface area contributed by atoms with Crippen molar-refractivity contribution in [1.82, 2.24) is 4.90 Å². The third-order valence-electron chi connectivity index (χ3n) is 2.71. The Balaban J connectivity index is 2.77. The van der Waals surface area contributed by atoms with Gasteiger partial charge in [0.15, 0.2) is 11.9 Å². The quantitative estimate of drug-likeness (QED) is 0.861. The number of ketones is 1. The Labute approximate surface area is 113 Å². The minimum atomic E-state index is -4.77. The first kappa shape index (κ1) is 16.2. The third-order valence-corrected chi connectivity index (χ3v) is 2.71. The minimum Gasteiger partial charge on any atom is -0.382 e. The van der Waals surface area contributed by atoms with Gasteiger partial charge in [-0.25, -0.2) is 0 Å². The monoisotopic (exact) mass is 289 g/mol. The van der Waals surface area contributed by atoms with Crippen molar-refractivity contribution in [2.24, 2.45) is 0 Å². The lowest BCUT2D eigenvalue weighted by molar-refractivity contribution is -0.205. The van der Waals surface area contributed by atoms with Gasteiger partial charge in [-0.15, -0.1) is 0 Å². The number of alkyl halides is 3. The van der Waals surface area contributed by atoms with E-state index < -0.39 is 24.7 Å². The van der Waals surface area contributed by atoms with E-state index in [0.717, 1.165) is 11.9 Å². The van der Waals surface area contributed by atoms with E-state index in [2.05, 4.69) is 0 Å². The molecule has 0 heterocycles. The van der Waals surface area contributed by atoms with E-state index in [-0.39, 0.29) is 11.3 Å². The van der Waals surface area contributed by atoms with Crippen molar-refractivity contribution in [3.8, 4) is 0 Å². The average molecular weight is 289 g/mol. The number of halogens is 3. The maximum absolute atomic E-state index is 12.2. The number of carbonyl (C=O) groups is 2. The molecule has 1 aromatic rings. The van der Waals surface area contributed by atoms with Crippen LogP contribution in [0, 0.1) is 0 Å².